The van der Waals surface area contributed by atoms with E-state index >= 15 is 0 Å². The summed E-state index contributed by atoms with van der Waals surface area (Å²) >= 11 is 6.04. The molecule has 20 heavy (non-hydrogen) atoms. The summed E-state index contributed by atoms with van der Waals surface area (Å²) in [7, 11) is 0. The SMILES string of the molecule is Fc1ncc(-c2cc(OC[C@@H]3CCN3)cnc2Cl)cn1. The minimum atomic E-state index is -0.777. The Labute approximate surface area is 120 Å². The number of aromatic nitrogens is 3. The fourth-order valence-corrected chi connectivity index (χ4v) is 2.06. The van der Waals surface area contributed by atoms with Gasteiger partial charge in [-0.3, -0.25) is 0 Å². The van der Waals surface area contributed by atoms with Crippen molar-refractivity contribution in [1.82, 2.24) is 20.3 Å². The summed E-state index contributed by atoms with van der Waals surface area (Å²) in [4.78, 5) is 11.1. The average Bonchev–Trinajstić information content (AvgIpc) is 2.40. The molecular formula is C13H12ClFN4O. The number of pyridine rings is 1. The summed E-state index contributed by atoms with van der Waals surface area (Å²) in [5, 5.41) is 3.55. The molecule has 1 saturated heterocycles. The molecule has 0 unspecified atom stereocenters. The van der Waals surface area contributed by atoms with Gasteiger partial charge in [0.15, 0.2) is 0 Å². The van der Waals surface area contributed by atoms with Crippen molar-refractivity contribution in [3.8, 4) is 16.9 Å². The molecule has 1 N–H and O–H groups in total. The summed E-state index contributed by atoms with van der Waals surface area (Å²) in [6.45, 7) is 1.62. The smallest absolute Gasteiger partial charge is 0.308 e. The number of halogens is 2. The second-order valence-electron chi connectivity index (χ2n) is 4.50. The van der Waals surface area contributed by atoms with Crippen LogP contribution in [-0.4, -0.2) is 34.1 Å². The summed E-state index contributed by atoms with van der Waals surface area (Å²) in [6.07, 6.45) is 4.63. The third-order valence-electron chi connectivity index (χ3n) is 3.12. The van der Waals surface area contributed by atoms with Crippen LogP contribution in [0.1, 0.15) is 6.42 Å². The number of hydrogen-bond donors (Lipinski definition) is 1. The van der Waals surface area contributed by atoms with Crippen molar-refractivity contribution in [2.24, 2.45) is 0 Å². The predicted octanol–water partition coefficient (Wildman–Crippen LogP) is 2.07. The van der Waals surface area contributed by atoms with E-state index < -0.39 is 6.08 Å². The van der Waals surface area contributed by atoms with Crippen LogP contribution in [0.2, 0.25) is 5.15 Å². The number of rotatable bonds is 4. The molecule has 3 heterocycles. The number of hydrogen-bond acceptors (Lipinski definition) is 5. The summed E-state index contributed by atoms with van der Waals surface area (Å²) < 4.78 is 18.4. The average molecular weight is 295 g/mol. The van der Waals surface area contributed by atoms with E-state index in [2.05, 4.69) is 20.3 Å². The van der Waals surface area contributed by atoms with Gasteiger partial charge >= 0.3 is 6.08 Å². The number of nitrogens with one attached hydrogen (secondary N) is 1. The van der Waals surface area contributed by atoms with E-state index in [0.29, 0.717) is 34.7 Å². The van der Waals surface area contributed by atoms with Gasteiger partial charge in [-0.15, -0.1) is 0 Å². The van der Waals surface area contributed by atoms with Crippen LogP contribution in [0.5, 0.6) is 5.75 Å². The number of ether oxygens (including phenoxy) is 1. The highest BCUT2D eigenvalue weighted by atomic mass is 35.5. The molecule has 1 atom stereocenters. The van der Waals surface area contributed by atoms with E-state index in [-0.39, 0.29) is 0 Å². The maximum atomic E-state index is 12.7. The first-order valence-electron chi connectivity index (χ1n) is 6.22. The zero-order chi connectivity index (χ0) is 13.9. The van der Waals surface area contributed by atoms with Gasteiger partial charge in [-0.1, -0.05) is 11.6 Å². The minimum Gasteiger partial charge on any atom is -0.490 e. The van der Waals surface area contributed by atoms with Crippen LogP contribution in [-0.2, 0) is 0 Å². The first-order chi connectivity index (χ1) is 9.72. The van der Waals surface area contributed by atoms with Crippen LogP contribution in [0.25, 0.3) is 11.1 Å². The molecule has 0 aromatic carbocycles. The molecule has 0 saturated carbocycles. The Kier molecular flexibility index (Phi) is 3.75. The van der Waals surface area contributed by atoms with Crippen molar-refractivity contribution in [1.29, 1.82) is 0 Å². The fourth-order valence-electron chi connectivity index (χ4n) is 1.85. The van der Waals surface area contributed by atoms with Gasteiger partial charge in [0.05, 0.1) is 6.20 Å². The summed E-state index contributed by atoms with van der Waals surface area (Å²) in [5.41, 5.74) is 1.21. The first kappa shape index (κ1) is 13.2. The van der Waals surface area contributed by atoms with Gasteiger partial charge in [0.25, 0.3) is 0 Å². The largest absolute Gasteiger partial charge is 0.490 e. The van der Waals surface area contributed by atoms with Crippen molar-refractivity contribution in [2.75, 3.05) is 13.2 Å². The minimum absolute atomic E-state index is 0.300. The monoisotopic (exact) mass is 294 g/mol. The molecule has 0 amide bonds. The molecule has 0 radical (unpaired) electrons. The van der Waals surface area contributed by atoms with Crippen molar-refractivity contribution >= 4 is 11.6 Å². The highest BCUT2D eigenvalue weighted by Crippen LogP contribution is 2.28. The molecule has 1 fully saturated rings. The molecule has 1 aliphatic heterocycles. The van der Waals surface area contributed by atoms with Gasteiger partial charge in [0.1, 0.15) is 17.5 Å². The van der Waals surface area contributed by atoms with Crippen LogP contribution in [0, 0.1) is 6.08 Å². The quantitative estimate of drug-likeness (QED) is 0.691. The van der Waals surface area contributed by atoms with Gasteiger partial charge in [-0.2, -0.15) is 4.39 Å². The highest BCUT2D eigenvalue weighted by Gasteiger charge is 2.17. The second-order valence-corrected chi connectivity index (χ2v) is 4.86. The second kappa shape index (κ2) is 5.68. The van der Waals surface area contributed by atoms with Crippen LogP contribution in [0.3, 0.4) is 0 Å². The third-order valence-corrected chi connectivity index (χ3v) is 3.42. The molecule has 2 aromatic rings. The molecule has 7 heteroatoms. The van der Waals surface area contributed by atoms with Gasteiger partial charge in [-0.25, -0.2) is 15.0 Å². The summed E-state index contributed by atoms with van der Waals surface area (Å²) in [5.74, 6) is 0.613. The van der Waals surface area contributed by atoms with Gasteiger partial charge < -0.3 is 10.1 Å². The first-order valence-corrected chi connectivity index (χ1v) is 6.60. The lowest BCUT2D eigenvalue weighted by Gasteiger charge is -2.27. The van der Waals surface area contributed by atoms with Crippen molar-refractivity contribution in [3.63, 3.8) is 0 Å². The topological polar surface area (TPSA) is 59.9 Å². The Bertz CT molecular complexity index is 604. The molecular weight excluding hydrogens is 283 g/mol. The van der Waals surface area contributed by atoms with E-state index in [1.807, 2.05) is 0 Å². The lowest BCUT2D eigenvalue weighted by Crippen LogP contribution is -2.46. The highest BCUT2D eigenvalue weighted by molar-refractivity contribution is 6.32. The van der Waals surface area contributed by atoms with Crippen LogP contribution in [0.4, 0.5) is 4.39 Å². The molecule has 0 spiro atoms. The lowest BCUT2D eigenvalue weighted by atomic mass is 10.1. The molecule has 0 bridgehead atoms. The fraction of sp³-hybridized carbons (Fsp3) is 0.308. The Balaban J connectivity index is 1.80. The van der Waals surface area contributed by atoms with Gasteiger partial charge in [-0.05, 0) is 19.0 Å². The predicted molar refractivity (Wildman–Crippen MR) is 72.1 cm³/mol. The lowest BCUT2D eigenvalue weighted by molar-refractivity contribution is 0.217. The molecule has 0 aliphatic carbocycles. The van der Waals surface area contributed by atoms with Gasteiger partial charge in [0, 0.05) is 29.6 Å². The molecule has 5 nitrogen and oxygen atoms in total. The van der Waals surface area contributed by atoms with Crippen LogP contribution < -0.4 is 10.1 Å². The van der Waals surface area contributed by atoms with Crippen molar-refractivity contribution in [2.45, 2.75) is 12.5 Å². The Morgan fingerprint density at radius 3 is 2.70 bits per heavy atom. The third kappa shape index (κ3) is 2.86. The van der Waals surface area contributed by atoms with E-state index in [1.165, 1.54) is 12.4 Å². The zero-order valence-electron chi connectivity index (χ0n) is 10.5. The van der Waals surface area contributed by atoms with E-state index in [4.69, 9.17) is 16.3 Å². The Hall–Kier alpha value is -1.79. The van der Waals surface area contributed by atoms with E-state index in [1.54, 1.807) is 12.3 Å². The molecule has 3 rings (SSSR count). The normalized spacial score (nSPS) is 17.6. The van der Waals surface area contributed by atoms with Crippen LogP contribution in [0.15, 0.2) is 24.7 Å². The van der Waals surface area contributed by atoms with Gasteiger partial charge in [0.2, 0.25) is 0 Å². The Morgan fingerprint density at radius 1 is 1.30 bits per heavy atom. The maximum Gasteiger partial charge on any atom is 0.308 e. The van der Waals surface area contributed by atoms with E-state index in [9.17, 15) is 4.39 Å². The standard InChI is InChI=1S/C13H12ClFN4O/c14-12-11(8-4-18-13(15)19-5-8)3-10(6-17-12)20-7-9-1-2-16-9/h3-6,9,16H,1-2,7H2/t9-/m0/s1. The summed E-state index contributed by atoms with van der Waals surface area (Å²) in [6, 6.07) is 2.15. The van der Waals surface area contributed by atoms with E-state index in [0.717, 1.165) is 13.0 Å². The Morgan fingerprint density at radius 2 is 2.05 bits per heavy atom. The van der Waals surface area contributed by atoms with Crippen LogP contribution >= 0.6 is 11.6 Å². The molecule has 104 valence electrons. The zero-order valence-corrected chi connectivity index (χ0v) is 11.3. The number of nitrogens with zero attached hydrogens (tertiary/aromatic N) is 3. The van der Waals surface area contributed by atoms with Crippen molar-refractivity contribution < 1.29 is 9.13 Å². The maximum absolute atomic E-state index is 12.7. The molecule has 1 aliphatic rings. The van der Waals surface area contributed by atoms with Crippen molar-refractivity contribution in [3.05, 3.63) is 35.9 Å². The molecule has 2 aromatic heterocycles.